The van der Waals surface area contributed by atoms with E-state index in [1.807, 2.05) is 24.3 Å². The molecular formula is C51H33N3. The summed E-state index contributed by atoms with van der Waals surface area (Å²) in [6.45, 7) is 4.60. The first-order valence-electron chi connectivity index (χ1n) is 18.2. The fourth-order valence-corrected chi connectivity index (χ4v) is 7.62. The number of allylic oxidation sites excluding steroid dienone is 4. The van der Waals surface area contributed by atoms with Crippen LogP contribution in [0.3, 0.4) is 0 Å². The molecule has 0 amide bonds. The minimum atomic E-state index is 0.888. The Balaban J connectivity index is 1.12. The van der Waals surface area contributed by atoms with Crippen molar-refractivity contribution in [1.82, 2.24) is 15.0 Å². The molecule has 0 fully saturated rings. The fraction of sp³-hybridized carbons (Fsp3) is 0. The Hall–Kier alpha value is -7.23. The Morgan fingerprint density at radius 1 is 0.389 bits per heavy atom. The number of fused-ring (bicyclic) bond motifs is 6. The third-order valence-corrected chi connectivity index (χ3v) is 10.3. The molecule has 0 unspecified atom stereocenters. The lowest BCUT2D eigenvalue weighted by atomic mass is 9.92. The van der Waals surface area contributed by atoms with Crippen molar-refractivity contribution >= 4 is 49.9 Å². The summed E-state index contributed by atoms with van der Waals surface area (Å²) >= 11 is 0. The predicted octanol–water partition coefficient (Wildman–Crippen LogP) is 13.1. The van der Waals surface area contributed by atoms with Gasteiger partial charge in [-0.2, -0.15) is 0 Å². The maximum Gasteiger partial charge on any atom is 0.0972 e. The van der Waals surface area contributed by atoms with Gasteiger partial charge in [-0.1, -0.05) is 164 Å². The molecule has 0 saturated heterocycles. The summed E-state index contributed by atoms with van der Waals surface area (Å²) in [5, 5.41) is 3.22. The maximum atomic E-state index is 5.44. The zero-order chi connectivity index (χ0) is 36.0. The molecule has 0 N–H and O–H groups in total. The van der Waals surface area contributed by atoms with Crippen LogP contribution in [0, 0.1) is 0 Å². The van der Waals surface area contributed by atoms with Gasteiger partial charge in [-0.25, -0.2) is 15.0 Å². The smallest absolute Gasteiger partial charge is 0.0972 e. The standard InChI is InChI=1S/C51H33N3/c1-33-30-40(34-12-5-2-6-13-34)23-20-37-24-27-43-44(35-14-7-3-8-15-35)32-47(54-51(43)48(33)37)42-19-11-18-41(31-42)46-29-26-39-22-21-38-25-28-45(36-16-9-4-10-17-36)52-49(38)50(39)53-46/h2-32H,1H2. The van der Waals surface area contributed by atoms with Crippen molar-refractivity contribution < 1.29 is 0 Å². The molecule has 0 saturated carbocycles. The van der Waals surface area contributed by atoms with Crippen LogP contribution in [0.5, 0.6) is 0 Å². The number of hydrogen-bond donors (Lipinski definition) is 0. The van der Waals surface area contributed by atoms with Gasteiger partial charge in [-0.3, -0.25) is 0 Å². The van der Waals surface area contributed by atoms with E-state index < -0.39 is 0 Å². The van der Waals surface area contributed by atoms with Crippen LogP contribution in [0.25, 0.3) is 94.8 Å². The number of nitrogens with zero attached hydrogens (tertiary/aromatic N) is 3. The predicted molar refractivity (Wildman–Crippen MR) is 227 cm³/mol. The van der Waals surface area contributed by atoms with Crippen LogP contribution in [-0.4, -0.2) is 15.0 Å². The average Bonchev–Trinajstić information content (AvgIpc) is 3.42. The average molecular weight is 688 g/mol. The third-order valence-electron chi connectivity index (χ3n) is 10.3. The van der Waals surface area contributed by atoms with Crippen LogP contribution < -0.4 is 0 Å². The molecule has 0 bridgehead atoms. The van der Waals surface area contributed by atoms with Gasteiger partial charge in [0.2, 0.25) is 0 Å². The van der Waals surface area contributed by atoms with E-state index in [1.54, 1.807) is 0 Å². The summed E-state index contributed by atoms with van der Waals surface area (Å²) in [4.78, 5) is 15.8. The van der Waals surface area contributed by atoms with Gasteiger partial charge in [0.25, 0.3) is 0 Å². The van der Waals surface area contributed by atoms with E-state index in [1.165, 1.54) is 0 Å². The van der Waals surface area contributed by atoms with Crippen LogP contribution in [-0.2, 0) is 0 Å². The topological polar surface area (TPSA) is 38.7 Å². The van der Waals surface area contributed by atoms with Crippen LogP contribution in [0.4, 0.5) is 0 Å². The highest BCUT2D eigenvalue weighted by atomic mass is 14.8. The summed E-state index contributed by atoms with van der Waals surface area (Å²) in [7, 11) is 0. The summed E-state index contributed by atoms with van der Waals surface area (Å²) in [5.41, 5.74) is 16.2. The minimum Gasteiger partial charge on any atom is -0.247 e. The number of hydrogen-bond acceptors (Lipinski definition) is 3. The van der Waals surface area contributed by atoms with Crippen molar-refractivity contribution in [3.8, 4) is 44.9 Å². The van der Waals surface area contributed by atoms with E-state index in [0.29, 0.717) is 0 Å². The largest absolute Gasteiger partial charge is 0.247 e. The van der Waals surface area contributed by atoms with E-state index in [4.69, 9.17) is 15.0 Å². The van der Waals surface area contributed by atoms with Gasteiger partial charge >= 0.3 is 0 Å². The molecule has 1 aliphatic carbocycles. The van der Waals surface area contributed by atoms with E-state index in [0.717, 1.165) is 105 Å². The van der Waals surface area contributed by atoms with Crippen molar-refractivity contribution in [2.24, 2.45) is 0 Å². The lowest BCUT2D eigenvalue weighted by molar-refractivity contribution is 1.36. The summed E-state index contributed by atoms with van der Waals surface area (Å²) in [6, 6.07) is 59.3. The van der Waals surface area contributed by atoms with Crippen molar-refractivity contribution in [2.45, 2.75) is 0 Å². The van der Waals surface area contributed by atoms with Crippen molar-refractivity contribution in [1.29, 1.82) is 0 Å². The van der Waals surface area contributed by atoms with Crippen LogP contribution in [0.1, 0.15) is 16.7 Å². The number of pyridine rings is 3. The van der Waals surface area contributed by atoms with Gasteiger partial charge in [0.15, 0.2) is 0 Å². The maximum absolute atomic E-state index is 5.44. The lowest BCUT2D eigenvalue weighted by Gasteiger charge is -2.16. The monoisotopic (exact) mass is 687 g/mol. The highest BCUT2D eigenvalue weighted by molar-refractivity contribution is 6.08. The Labute approximate surface area is 314 Å². The second-order valence-corrected chi connectivity index (χ2v) is 13.7. The van der Waals surface area contributed by atoms with Gasteiger partial charge < -0.3 is 0 Å². The highest BCUT2D eigenvalue weighted by Gasteiger charge is 2.18. The lowest BCUT2D eigenvalue weighted by Crippen LogP contribution is -1.96. The SMILES string of the molecule is C=C1C=C(c2ccccc2)C=Cc2ccc3c(-c4ccccc4)cc(-c4cccc(-c5ccc6ccc7ccc(-c8ccccc8)nc7c6n5)c4)nc3c21. The van der Waals surface area contributed by atoms with Crippen LogP contribution >= 0.6 is 0 Å². The van der Waals surface area contributed by atoms with Gasteiger partial charge in [-0.15, -0.1) is 0 Å². The number of benzene rings is 6. The van der Waals surface area contributed by atoms with Crippen molar-refractivity contribution in [3.63, 3.8) is 0 Å². The van der Waals surface area contributed by atoms with Gasteiger partial charge in [0.1, 0.15) is 0 Å². The molecule has 0 aliphatic heterocycles. The van der Waals surface area contributed by atoms with E-state index in [9.17, 15) is 0 Å². The van der Waals surface area contributed by atoms with Crippen LogP contribution in [0.15, 0.2) is 189 Å². The molecule has 3 nitrogen and oxygen atoms in total. The fourth-order valence-electron chi connectivity index (χ4n) is 7.62. The molecule has 252 valence electrons. The molecule has 1 aliphatic rings. The molecule has 54 heavy (non-hydrogen) atoms. The Morgan fingerprint density at radius 2 is 0.926 bits per heavy atom. The first kappa shape index (κ1) is 31.5. The summed E-state index contributed by atoms with van der Waals surface area (Å²) in [6.07, 6.45) is 6.55. The normalized spacial score (nSPS) is 12.5. The second kappa shape index (κ2) is 13.1. The highest BCUT2D eigenvalue weighted by Crippen LogP contribution is 2.40. The zero-order valence-electron chi connectivity index (χ0n) is 29.4. The molecule has 10 rings (SSSR count). The Morgan fingerprint density at radius 3 is 1.59 bits per heavy atom. The molecule has 6 aromatic carbocycles. The van der Waals surface area contributed by atoms with Gasteiger partial charge in [0, 0.05) is 38.4 Å². The Kier molecular flexibility index (Phi) is 7.63. The summed E-state index contributed by atoms with van der Waals surface area (Å²) in [5.74, 6) is 0. The number of aromatic nitrogens is 3. The van der Waals surface area contributed by atoms with E-state index in [2.05, 4.69) is 170 Å². The van der Waals surface area contributed by atoms with E-state index >= 15 is 0 Å². The molecule has 0 radical (unpaired) electrons. The molecule has 0 spiro atoms. The minimum absolute atomic E-state index is 0.888. The molecule has 9 aromatic rings. The first-order chi connectivity index (χ1) is 26.7. The number of rotatable bonds is 5. The zero-order valence-corrected chi connectivity index (χ0v) is 29.4. The molecular weight excluding hydrogens is 655 g/mol. The second-order valence-electron chi connectivity index (χ2n) is 13.7. The van der Waals surface area contributed by atoms with Gasteiger partial charge in [-0.05, 0) is 63.7 Å². The molecule has 3 heterocycles. The Bertz CT molecular complexity index is 2980. The first-order valence-corrected chi connectivity index (χ1v) is 18.2. The van der Waals surface area contributed by atoms with Gasteiger partial charge in [0.05, 0.1) is 33.6 Å². The molecule has 3 aromatic heterocycles. The van der Waals surface area contributed by atoms with Crippen LogP contribution in [0.2, 0.25) is 0 Å². The van der Waals surface area contributed by atoms with E-state index in [-0.39, 0.29) is 0 Å². The quantitative estimate of drug-likeness (QED) is 0.169. The van der Waals surface area contributed by atoms with Crippen molar-refractivity contribution in [3.05, 3.63) is 205 Å². The summed E-state index contributed by atoms with van der Waals surface area (Å²) < 4.78 is 0. The molecule has 0 atom stereocenters. The third kappa shape index (κ3) is 5.60. The molecule has 3 heteroatoms. The van der Waals surface area contributed by atoms with Crippen molar-refractivity contribution in [2.75, 3.05) is 0 Å².